The fourth-order valence-corrected chi connectivity index (χ4v) is 3.12. The highest BCUT2D eigenvalue weighted by Crippen LogP contribution is 2.23. The van der Waals surface area contributed by atoms with Crippen LogP contribution in [0.15, 0.2) is 54.7 Å². The van der Waals surface area contributed by atoms with Crippen LogP contribution in [-0.2, 0) is 0 Å². The third kappa shape index (κ3) is 4.00. The van der Waals surface area contributed by atoms with Crippen LogP contribution in [0, 0.1) is 5.82 Å². The molecule has 0 aliphatic rings. The van der Waals surface area contributed by atoms with Crippen molar-refractivity contribution in [3.63, 3.8) is 0 Å². The molecule has 0 saturated carbocycles. The van der Waals surface area contributed by atoms with Crippen LogP contribution in [0.3, 0.4) is 0 Å². The third-order valence-electron chi connectivity index (χ3n) is 4.25. The highest BCUT2D eigenvalue weighted by atomic mass is 35.5. The number of carbonyl (C=O) groups is 1. The summed E-state index contributed by atoms with van der Waals surface area (Å²) >= 11 is 6.14. The van der Waals surface area contributed by atoms with Gasteiger partial charge in [0.15, 0.2) is 0 Å². The molecular formula is C20H19ClFN3O. The highest BCUT2D eigenvalue weighted by molar-refractivity contribution is 6.32. The van der Waals surface area contributed by atoms with Crippen molar-refractivity contribution in [1.82, 2.24) is 15.2 Å². The number of likely N-dealkylation sites (N-methyl/N-ethyl adjacent to an activating group) is 1. The van der Waals surface area contributed by atoms with Gasteiger partial charge in [-0.2, -0.15) is 0 Å². The molecule has 1 aromatic heterocycles. The van der Waals surface area contributed by atoms with Gasteiger partial charge in [-0.05, 0) is 50.0 Å². The van der Waals surface area contributed by atoms with Gasteiger partial charge >= 0.3 is 0 Å². The van der Waals surface area contributed by atoms with Crippen LogP contribution in [0.5, 0.6) is 0 Å². The number of amides is 1. The Bertz CT molecular complexity index is 928. The fraction of sp³-hybridized carbons (Fsp3) is 0.200. The first-order chi connectivity index (χ1) is 12.5. The number of fused-ring (bicyclic) bond motifs is 1. The van der Waals surface area contributed by atoms with Crippen LogP contribution >= 0.6 is 11.6 Å². The average Bonchev–Trinajstić information content (AvgIpc) is 2.62. The molecule has 0 aliphatic carbocycles. The van der Waals surface area contributed by atoms with Gasteiger partial charge in [0, 0.05) is 23.2 Å². The van der Waals surface area contributed by atoms with E-state index in [1.54, 1.807) is 36.5 Å². The molecule has 1 N–H and O–H groups in total. The van der Waals surface area contributed by atoms with Crippen molar-refractivity contribution in [3.05, 3.63) is 76.7 Å². The maximum atomic E-state index is 13.2. The number of aromatic nitrogens is 1. The summed E-state index contributed by atoms with van der Waals surface area (Å²) in [6.07, 6.45) is 1.65. The van der Waals surface area contributed by atoms with Crippen LogP contribution in [0.25, 0.3) is 10.9 Å². The number of benzene rings is 2. The van der Waals surface area contributed by atoms with Crippen molar-refractivity contribution in [1.29, 1.82) is 0 Å². The minimum atomic E-state index is -0.285. The van der Waals surface area contributed by atoms with E-state index in [1.807, 2.05) is 25.1 Å². The van der Waals surface area contributed by atoms with E-state index in [9.17, 15) is 9.18 Å². The standard InChI is InChI=1S/C20H19ClFN3O/c1-25(2)18(13-5-7-16(22)8-6-13)12-24-20(26)17-11-15(21)10-14-4-3-9-23-19(14)17/h3-11,18H,12H2,1-2H3,(H,24,26). The molecule has 2 aromatic carbocycles. The Labute approximate surface area is 156 Å². The molecule has 0 spiro atoms. The zero-order valence-electron chi connectivity index (χ0n) is 14.5. The summed E-state index contributed by atoms with van der Waals surface area (Å²) in [6.45, 7) is 0.373. The smallest absolute Gasteiger partial charge is 0.253 e. The maximum Gasteiger partial charge on any atom is 0.253 e. The summed E-state index contributed by atoms with van der Waals surface area (Å²) in [5, 5.41) is 4.24. The van der Waals surface area contributed by atoms with Gasteiger partial charge in [-0.15, -0.1) is 0 Å². The lowest BCUT2D eigenvalue weighted by Crippen LogP contribution is -2.34. The molecule has 0 bridgehead atoms. The summed E-state index contributed by atoms with van der Waals surface area (Å²) in [5.74, 6) is -0.531. The molecule has 3 rings (SSSR count). The lowest BCUT2D eigenvalue weighted by atomic mass is 10.1. The van der Waals surface area contributed by atoms with Crippen molar-refractivity contribution >= 4 is 28.4 Å². The van der Waals surface area contributed by atoms with Crippen LogP contribution in [0.2, 0.25) is 5.02 Å². The lowest BCUT2D eigenvalue weighted by Gasteiger charge is -2.25. The first kappa shape index (κ1) is 18.3. The molecule has 0 saturated heterocycles. The normalized spacial score (nSPS) is 12.3. The molecule has 1 heterocycles. The number of nitrogens with one attached hydrogen (secondary N) is 1. The number of rotatable bonds is 5. The molecule has 0 radical (unpaired) electrons. The maximum absolute atomic E-state index is 13.2. The quantitative estimate of drug-likeness (QED) is 0.735. The Morgan fingerprint density at radius 3 is 2.65 bits per heavy atom. The molecule has 6 heteroatoms. The summed E-state index contributed by atoms with van der Waals surface area (Å²) in [4.78, 5) is 19.0. The van der Waals surface area contributed by atoms with Crippen LogP contribution in [0.1, 0.15) is 22.0 Å². The van der Waals surface area contributed by atoms with Gasteiger partial charge in [0.2, 0.25) is 0 Å². The predicted octanol–water partition coefficient (Wildman–Crippen LogP) is 4.06. The average molecular weight is 372 g/mol. The molecule has 1 amide bonds. The van der Waals surface area contributed by atoms with Crippen molar-refractivity contribution in [2.75, 3.05) is 20.6 Å². The van der Waals surface area contributed by atoms with E-state index < -0.39 is 0 Å². The molecule has 0 aliphatic heterocycles. The number of nitrogens with zero attached hydrogens (tertiary/aromatic N) is 2. The highest BCUT2D eigenvalue weighted by Gasteiger charge is 2.18. The molecule has 1 atom stereocenters. The van der Waals surface area contributed by atoms with E-state index in [1.165, 1.54) is 12.1 Å². The van der Waals surface area contributed by atoms with Gasteiger partial charge in [0.25, 0.3) is 5.91 Å². The van der Waals surface area contributed by atoms with Crippen molar-refractivity contribution < 1.29 is 9.18 Å². The van der Waals surface area contributed by atoms with Crippen molar-refractivity contribution in [2.45, 2.75) is 6.04 Å². The number of carbonyl (C=O) groups excluding carboxylic acids is 1. The van der Waals surface area contributed by atoms with Crippen molar-refractivity contribution in [3.8, 4) is 0 Å². The van der Waals surface area contributed by atoms with Gasteiger partial charge in [0.1, 0.15) is 5.82 Å². The summed E-state index contributed by atoms with van der Waals surface area (Å²) in [7, 11) is 3.83. The van der Waals surface area contributed by atoms with Gasteiger partial charge in [0.05, 0.1) is 17.1 Å². The molecule has 4 nitrogen and oxygen atoms in total. The van der Waals surface area contributed by atoms with Crippen LogP contribution in [-0.4, -0.2) is 36.4 Å². The third-order valence-corrected chi connectivity index (χ3v) is 4.47. The van der Waals surface area contributed by atoms with Gasteiger partial charge < -0.3 is 10.2 Å². The Hall–Kier alpha value is -2.50. The second kappa shape index (κ2) is 7.81. The SMILES string of the molecule is CN(C)C(CNC(=O)c1cc(Cl)cc2cccnc12)c1ccc(F)cc1. The van der Waals surface area contributed by atoms with Gasteiger partial charge in [-0.25, -0.2) is 4.39 Å². The second-order valence-electron chi connectivity index (χ2n) is 6.27. The number of pyridine rings is 1. The number of hydrogen-bond acceptors (Lipinski definition) is 3. The van der Waals surface area contributed by atoms with E-state index >= 15 is 0 Å². The van der Waals surface area contributed by atoms with Gasteiger partial charge in [-0.1, -0.05) is 29.8 Å². The predicted molar refractivity (Wildman–Crippen MR) is 102 cm³/mol. The zero-order valence-corrected chi connectivity index (χ0v) is 15.3. The van der Waals surface area contributed by atoms with Gasteiger partial charge in [-0.3, -0.25) is 9.78 Å². The largest absolute Gasteiger partial charge is 0.350 e. The Morgan fingerprint density at radius 1 is 1.23 bits per heavy atom. The van der Waals surface area contributed by atoms with Crippen molar-refractivity contribution in [2.24, 2.45) is 0 Å². The first-order valence-corrected chi connectivity index (χ1v) is 8.58. The molecular weight excluding hydrogens is 353 g/mol. The Morgan fingerprint density at radius 2 is 1.96 bits per heavy atom. The topological polar surface area (TPSA) is 45.2 Å². The summed E-state index contributed by atoms with van der Waals surface area (Å²) in [6, 6.07) is 13.3. The van der Waals surface area contributed by atoms with E-state index in [0.717, 1.165) is 10.9 Å². The Balaban J connectivity index is 1.82. The van der Waals surface area contributed by atoms with E-state index in [2.05, 4.69) is 10.3 Å². The molecule has 3 aromatic rings. The van der Waals surface area contributed by atoms with E-state index in [-0.39, 0.29) is 17.8 Å². The zero-order chi connectivity index (χ0) is 18.7. The van der Waals surface area contributed by atoms with E-state index in [0.29, 0.717) is 22.6 Å². The molecule has 1 unspecified atom stereocenters. The molecule has 134 valence electrons. The number of halogens is 2. The second-order valence-corrected chi connectivity index (χ2v) is 6.71. The summed E-state index contributed by atoms with van der Waals surface area (Å²) in [5.41, 5.74) is 1.97. The van der Waals surface area contributed by atoms with Crippen LogP contribution in [0.4, 0.5) is 4.39 Å². The van der Waals surface area contributed by atoms with Crippen LogP contribution < -0.4 is 5.32 Å². The Kier molecular flexibility index (Phi) is 5.49. The number of hydrogen-bond donors (Lipinski definition) is 1. The summed E-state index contributed by atoms with van der Waals surface area (Å²) < 4.78 is 13.2. The molecule has 26 heavy (non-hydrogen) atoms. The molecule has 0 fully saturated rings. The monoisotopic (exact) mass is 371 g/mol. The minimum absolute atomic E-state index is 0.0852. The van der Waals surface area contributed by atoms with E-state index in [4.69, 9.17) is 11.6 Å². The minimum Gasteiger partial charge on any atom is -0.350 e. The first-order valence-electron chi connectivity index (χ1n) is 8.20. The lowest BCUT2D eigenvalue weighted by molar-refractivity contribution is 0.0943. The fourth-order valence-electron chi connectivity index (χ4n) is 2.90.